The molecule has 1 amide bonds. The molecule has 0 atom stereocenters. The number of guanidine groups is 1. The number of carbonyl (C=O) groups is 1. The standard InChI is InChI=1S/C9H20N4O.ClH/c10-8(14)6-4-2-1-3-5-7-13-9(11)12;/h1-7H2,(H2,10,14)(H4,11,12,13);1H. The van der Waals surface area contributed by atoms with E-state index >= 15 is 0 Å². The highest BCUT2D eigenvalue weighted by atomic mass is 35.5. The van der Waals surface area contributed by atoms with Gasteiger partial charge in [-0.2, -0.15) is 0 Å². The molecule has 0 heterocycles. The van der Waals surface area contributed by atoms with Gasteiger partial charge in [-0.3, -0.25) is 9.79 Å². The molecule has 0 radical (unpaired) electrons. The van der Waals surface area contributed by atoms with Crippen LogP contribution in [0.2, 0.25) is 0 Å². The number of halogens is 1. The van der Waals surface area contributed by atoms with Crippen LogP contribution in [0.3, 0.4) is 0 Å². The number of hydrogen-bond donors (Lipinski definition) is 3. The number of nitrogens with two attached hydrogens (primary N) is 3. The number of primary amides is 1. The normalized spacial score (nSPS) is 9.07. The summed E-state index contributed by atoms with van der Waals surface area (Å²) in [6.45, 7) is 0.693. The molecular weight excluding hydrogens is 216 g/mol. The van der Waals surface area contributed by atoms with Crippen LogP contribution < -0.4 is 17.2 Å². The topological polar surface area (TPSA) is 107 Å². The van der Waals surface area contributed by atoms with Gasteiger partial charge in [0, 0.05) is 13.0 Å². The van der Waals surface area contributed by atoms with Crippen molar-refractivity contribution in [1.29, 1.82) is 0 Å². The van der Waals surface area contributed by atoms with Crippen molar-refractivity contribution < 1.29 is 4.79 Å². The maximum Gasteiger partial charge on any atom is 0.217 e. The summed E-state index contributed by atoms with van der Waals surface area (Å²) in [6, 6.07) is 0. The fourth-order valence-electron chi connectivity index (χ4n) is 1.15. The molecule has 5 nitrogen and oxygen atoms in total. The molecule has 90 valence electrons. The highest BCUT2D eigenvalue weighted by Crippen LogP contribution is 2.04. The lowest BCUT2D eigenvalue weighted by Crippen LogP contribution is -2.22. The molecule has 0 aliphatic carbocycles. The van der Waals surface area contributed by atoms with E-state index in [1.54, 1.807) is 0 Å². The van der Waals surface area contributed by atoms with Crippen LogP contribution in [0.5, 0.6) is 0 Å². The molecule has 0 spiro atoms. The molecule has 0 unspecified atom stereocenters. The molecule has 0 aliphatic rings. The number of nitrogens with zero attached hydrogens (tertiary/aromatic N) is 1. The van der Waals surface area contributed by atoms with Crippen molar-refractivity contribution >= 4 is 24.3 Å². The lowest BCUT2D eigenvalue weighted by molar-refractivity contribution is -0.118. The maximum atomic E-state index is 10.4. The maximum absolute atomic E-state index is 10.4. The van der Waals surface area contributed by atoms with Gasteiger partial charge in [-0.05, 0) is 12.8 Å². The van der Waals surface area contributed by atoms with Gasteiger partial charge >= 0.3 is 0 Å². The first-order valence-electron chi connectivity index (χ1n) is 4.96. The second kappa shape index (κ2) is 11.1. The molecule has 0 bridgehead atoms. The summed E-state index contributed by atoms with van der Waals surface area (Å²) in [6.07, 6.45) is 5.62. The van der Waals surface area contributed by atoms with Gasteiger partial charge in [-0.25, -0.2) is 0 Å². The van der Waals surface area contributed by atoms with Gasteiger partial charge in [-0.1, -0.05) is 19.3 Å². The third-order valence-electron chi connectivity index (χ3n) is 1.88. The van der Waals surface area contributed by atoms with Gasteiger partial charge in [0.2, 0.25) is 5.91 Å². The Morgan fingerprint density at radius 2 is 1.47 bits per heavy atom. The summed E-state index contributed by atoms with van der Waals surface area (Å²) < 4.78 is 0. The number of amides is 1. The first-order valence-corrected chi connectivity index (χ1v) is 4.96. The SMILES string of the molecule is Cl.NC(=O)CCCCCCCN=C(N)N. The molecule has 0 aliphatic heterocycles. The van der Waals surface area contributed by atoms with Crippen molar-refractivity contribution in [2.75, 3.05) is 6.54 Å². The third-order valence-corrected chi connectivity index (χ3v) is 1.88. The summed E-state index contributed by atoms with van der Waals surface area (Å²) in [5, 5.41) is 0. The average molecular weight is 237 g/mol. The third kappa shape index (κ3) is 15.8. The van der Waals surface area contributed by atoms with Gasteiger partial charge in [0.15, 0.2) is 5.96 Å². The summed E-state index contributed by atoms with van der Waals surface area (Å²) in [5.41, 5.74) is 15.3. The predicted octanol–water partition coefficient (Wildman–Crippen LogP) is 0.508. The average Bonchev–Trinajstić information content (AvgIpc) is 2.08. The molecule has 6 N–H and O–H groups in total. The summed E-state index contributed by atoms with van der Waals surface area (Å²) in [7, 11) is 0. The Morgan fingerprint density at radius 1 is 0.933 bits per heavy atom. The van der Waals surface area contributed by atoms with Crippen molar-refractivity contribution in [3.05, 3.63) is 0 Å². The van der Waals surface area contributed by atoms with Crippen molar-refractivity contribution in [3.8, 4) is 0 Å². The summed E-state index contributed by atoms with van der Waals surface area (Å²) in [5.74, 6) is -0.0655. The molecule has 0 aromatic carbocycles. The number of hydrogen-bond acceptors (Lipinski definition) is 2. The van der Waals surface area contributed by atoms with Crippen LogP contribution >= 0.6 is 12.4 Å². The first kappa shape index (κ1) is 16.5. The number of aliphatic imine (C=N–C) groups is 1. The minimum absolute atomic E-state index is 0. The van der Waals surface area contributed by atoms with Gasteiger partial charge in [-0.15, -0.1) is 12.4 Å². The van der Waals surface area contributed by atoms with Gasteiger partial charge < -0.3 is 17.2 Å². The quantitative estimate of drug-likeness (QED) is 0.325. The lowest BCUT2D eigenvalue weighted by atomic mass is 10.1. The van der Waals surface area contributed by atoms with Crippen LogP contribution in [-0.4, -0.2) is 18.4 Å². The second-order valence-electron chi connectivity index (χ2n) is 3.29. The van der Waals surface area contributed by atoms with Crippen LogP contribution in [0.15, 0.2) is 4.99 Å². The molecule has 6 heteroatoms. The van der Waals surface area contributed by atoms with E-state index in [2.05, 4.69) is 4.99 Å². The monoisotopic (exact) mass is 236 g/mol. The van der Waals surface area contributed by atoms with E-state index in [4.69, 9.17) is 17.2 Å². The zero-order valence-electron chi connectivity index (χ0n) is 8.95. The van der Waals surface area contributed by atoms with Gasteiger partial charge in [0.25, 0.3) is 0 Å². The smallest absolute Gasteiger partial charge is 0.217 e. The molecule has 0 aromatic rings. The van der Waals surface area contributed by atoms with E-state index in [-0.39, 0.29) is 24.3 Å². The van der Waals surface area contributed by atoms with Crippen LogP contribution in [0.1, 0.15) is 38.5 Å². The fraction of sp³-hybridized carbons (Fsp3) is 0.778. The first-order chi connectivity index (χ1) is 6.63. The van der Waals surface area contributed by atoms with Gasteiger partial charge in [0.05, 0.1) is 0 Å². The molecule has 0 saturated carbocycles. The molecule has 0 aromatic heterocycles. The highest BCUT2D eigenvalue weighted by molar-refractivity contribution is 5.85. The Kier molecular flexibility index (Phi) is 12.2. The number of rotatable bonds is 8. The van der Waals surface area contributed by atoms with E-state index in [1.165, 1.54) is 0 Å². The Balaban J connectivity index is 0. The summed E-state index contributed by atoms with van der Waals surface area (Å²) >= 11 is 0. The predicted molar refractivity (Wildman–Crippen MR) is 64.8 cm³/mol. The van der Waals surface area contributed by atoms with Crippen LogP contribution in [0, 0.1) is 0 Å². The van der Waals surface area contributed by atoms with E-state index in [9.17, 15) is 4.79 Å². The largest absolute Gasteiger partial charge is 0.370 e. The molecule has 0 saturated heterocycles. The second-order valence-corrected chi connectivity index (χ2v) is 3.29. The minimum Gasteiger partial charge on any atom is -0.370 e. The Bertz CT molecular complexity index is 193. The Morgan fingerprint density at radius 3 is 2.00 bits per heavy atom. The van der Waals surface area contributed by atoms with E-state index < -0.39 is 0 Å². The lowest BCUT2D eigenvalue weighted by Gasteiger charge is -1.98. The Hall–Kier alpha value is -0.970. The fourth-order valence-corrected chi connectivity index (χ4v) is 1.15. The van der Waals surface area contributed by atoms with Gasteiger partial charge in [0.1, 0.15) is 0 Å². The van der Waals surface area contributed by atoms with Crippen molar-refractivity contribution in [3.63, 3.8) is 0 Å². The van der Waals surface area contributed by atoms with Crippen LogP contribution in [0.4, 0.5) is 0 Å². The molecular formula is C9H21ClN4O. The van der Waals surface area contributed by atoms with Crippen molar-refractivity contribution in [2.24, 2.45) is 22.2 Å². The molecule has 0 rings (SSSR count). The van der Waals surface area contributed by atoms with Crippen molar-refractivity contribution in [1.82, 2.24) is 0 Å². The summed E-state index contributed by atoms with van der Waals surface area (Å²) in [4.78, 5) is 14.3. The van der Waals surface area contributed by atoms with E-state index in [0.29, 0.717) is 13.0 Å². The van der Waals surface area contributed by atoms with E-state index in [1.807, 2.05) is 0 Å². The van der Waals surface area contributed by atoms with Crippen molar-refractivity contribution in [2.45, 2.75) is 38.5 Å². The number of carbonyl (C=O) groups excluding carboxylic acids is 1. The molecule has 0 fully saturated rings. The highest BCUT2D eigenvalue weighted by Gasteiger charge is 1.94. The van der Waals surface area contributed by atoms with Crippen LogP contribution in [0.25, 0.3) is 0 Å². The van der Waals surface area contributed by atoms with Crippen LogP contribution in [-0.2, 0) is 4.79 Å². The van der Waals surface area contributed by atoms with E-state index in [0.717, 1.165) is 32.1 Å². The minimum atomic E-state index is -0.217. The molecule has 15 heavy (non-hydrogen) atoms. The zero-order chi connectivity index (χ0) is 10.8. The number of unbranched alkanes of at least 4 members (excludes halogenated alkanes) is 4. The zero-order valence-corrected chi connectivity index (χ0v) is 9.76. The Labute approximate surface area is 96.9 Å².